The number of aromatic nitrogens is 3. The highest BCUT2D eigenvalue weighted by Gasteiger charge is 2.33. The minimum Gasteiger partial charge on any atom is -0.370 e. The number of nitrogens with two attached hydrogens (primary N) is 1. The first kappa shape index (κ1) is 22.6. The number of anilines is 1. The van der Waals surface area contributed by atoms with Crippen LogP contribution in [-0.4, -0.2) is 56.9 Å². The Morgan fingerprint density at radius 3 is 2.50 bits per heavy atom. The molecule has 2 N–H and O–H groups in total. The molecule has 9 heteroatoms. The summed E-state index contributed by atoms with van der Waals surface area (Å²) in [6.45, 7) is 5.09. The Morgan fingerprint density at radius 1 is 1.12 bits per heavy atom. The number of primary amides is 1. The molecule has 0 unspecified atom stereocenters. The second-order valence-electron chi connectivity index (χ2n) is 8.86. The van der Waals surface area contributed by atoms with Crippen molar-refractivity contribution in [3.8, 4) is 0 Å². The predicted molar refractivity (Wildman–Crippen MR) is 125 cm³/mol. The van der Waals surface area contributed by atoms with Crippen LogP contribution < -0.4 is 10.6 Å². The van der Waals surface area contributed by atoms with E-state index in [-0.39, 0.29) is 18.1 Å². The Balaban J connectivity index is 1.42. The normalized spacial score (nSPS) is 16.8. The van der Waals surface area contributed by atoms with Crippen molar-refractivity contribution >= 4 is 29.5 Å². The predicted octanol–water partition coefficient (Wildman–Crippen LogP) is 2.85. The summed E-state index contributed by atoms with van der Waals surface area (Å²) < 4.78 is 2.23. The Labute approximate surface area is 193 Å². The number of piperidine rings is 1. The number of hydrogen-bond acceptors (Lipinski definition) is 6. The van der Waals surface area contributed by atoms with Gasteiger partial charge in [0, 0.05) is 38.6 Å². The van der Waals surface area contributed by atoms with Crippen molar-refractivity contribution in [3.05, 3.63) is 35.9 Å². The molecule has 2 aromatic rings. The molecule has 2 aliphatic rings. The van der Waals surface area contributed by atoms with E-state index >= 15 is 0 Å². The van der Waals surface area contributed by atoms with Crippen LogP contribution in [0.1, 0.15) is 50.6 Å². The van der Waals surface area contributed by atoms with Crippen molar-refractivity contribution < 1.29 is 9.59 Å². The number of carbonyl (C=O) groups excluding carboxylic acids is 2. The van der Waals surface area contributed by atoms with Crippen LogP contribution in [0.2, 0.25) is 0 Å². The molecule has 1 aromatic heterocycles. The highest BCUT2D eigenvalue weighted by molar-refractivity contribution is 7.99. The fourth-order valence-electron chi connectivity index (χ4n) is 4.00. The zero-order valence-corrected chi connectivity index (χ0v) is 19.5. The van der Waals surface area contributed by atoms with E-state index in [2.05, 4.69) is 26.6 Å². The molecule has 0 bridgehead atoms. The molecule has 1 saturated carbocycles. The zero-order valence-electron chi connectivity index (χ0n) is 18.7. The minimum atomic E-state index is -0.405. The molecule has 0 atom stereocenters. The van der Waals surface area contributed by atoms with E-state index in [0.29, 0.717) is 19.1 Å². The van der Waals surface area contributed by atoms with Gasteiger partial charge in [-0.2, -0.15) is 0 Å². The summed E-state index contributed by atoms with van der Waals surface area (Å²) in [4.78, 5) is 28.4. The molecule has 0 radical (unpaired) electrons. The highest BCUT2D eigenvalue weighted by atomic mass is 32.2. The monoisotopic (exact) mass is 456 g/mol. The second-order valence-corrected chi connectivity index (χ2v) is 9.80. The summed E-state index contributed by atoms with van der Waals surface area (Å²) >= 11 is 1.44. The lowest BCUT2D eigenvalue weighted by Gasteiger charge is -2.31. The number of amides is 2. The van der Waals surface area contributed by atoms with Crippen LogP contribution in [0.15, 0.2) is 35.5 Å². The second kappa shape index (κ2) is 10.4. The topological polar surface area (TPSA) is 97.4 Å². The number of nitrogens with zero attached hydrogens (tertiary/aromatic N) is 5. The third kappa shape index (κ3) is 5.82. The van der Waals surface area contributed by atoms with Gasteiger partial charge in [-0.25, -0.2) is 0 Å². The molecule has 1 saturated heterocycles. The molecule has 4 rings (SSSR count). The van der Waals surface area contributed by atoms with Crippen molar-refractivity contribution in [2.24, 2.45) is 11.7 Å². The maximum absolute atomic E-state index is 13.1. The van der Waals surface area contributed by atoms with Crippen LogP contribution in [0.25, 0.3) is 0 Å². The van der Waals surface area contributed by atoms with Gasteiger partial charge in [-0.05, 0) is 37.2 Å². The first-order chi connectivity index (χ1) is 15.5. The van der Waals surface area contributed by atoms with Crippen LogP contribution in [0, 0.1) is 5.92 Å². The lowest BCUT2D eigenvalue weighted by molar-refractivity contribution is -0.129. The van der Waals surface area contributed by atoms with Gasteiger partial charge in [-0.15, -0.1) is 10.2 Å². The van der Waals surface area contributed by atoms with Gasteiger partial charge in [0.25, 0.3) is 0 Å². The number of thioether (sulfide) groups is 1. The van der Waals surface area contributed by atoms with E-state index in [1.54, 1.807) is 4.90 Å². The van der Waals surface area contributed by atoms with Gasteiger partial charge in [-0.3, -0.25) is 14.2 Å². The Bertz CT molecular complexity index is 922. The van der Waals surface area contributed by atoms with Gasteiger partial charge in [0.2, 0.25) is 17.8 Å². The fraction of sp³-hybridized carbons (Fsp3) is 0.565. The van der Waals surface area contributed by atoms with Crippen LogP contribution >= 0.6 is 11.8 Å². The van der Waals surface area contributed by atoms with Crippen LogP contribution in [0.4, 0.5) is 5.95 Å². The van der Waals surface area contributed by atoms with Crippen LogP contribution in [-0.2, 0) is 16.1 Å². The average Bonchev–Trinajstić information content (AvgIpc) is 3.55. The van der Waals surface area contributed by atoms with Gasteiger partial charge in [-0.1, -0.05) is 49.0 Å². The van der Waals surface area contributed by atoms with Crippen molar-refractivity contribution in [1.82, 2.24) is 19.7 Å². The zero-order chi connectivity index (χ0) is 22.5. The molecule has 2 heterocycles. The summed E-state index contributed by atoms with van der Waals surface area (Å²) in [6.07, 6.45) is 4.77. The maximum atomic E-state index is 13.1. The van der Waals surface area contributed by atoms with Gasteiger partial charge >= 0.3 is 0 Å². The highest BCUT2D eigenvalue weighted by Crippen LogP contribution is 2.41. The Hall–Kier alpha value is -2.55. The summed E-state index contributed by atoms with van der Waals surface area (Å²) in [6, 6.07) is 10.2. The smallest absolute Gasteiger partial charge is 0.233 e. The van der Waals surface area contributed by atoms with Crippen molar-refractivity contribution in [2.45, 2.75) is 56.8 Å². The summed E-state index contributed by atoms with van der Waals surface area (Å²) in [5, 5.41) is 9.77. The molecule has 32 heavy (non-hydrogen) atoms. The fourth-order valence-corrected chi connectivity index (χ4v) is 4.91. The average molecular weight is 457 g/mol. The Morgan fingerprint density at radius 2 is 1.84 bits per heavy atom. The largest absolute Gasteiger partial charge is 0.370 e. The summed E-state index contributed by atoms with van der Waals surface area (Å²) in [5.41, 5.74) is 6.36. The summed E-state index contributed by atoms with van der Waals surface area (Å²) in [5.74, 6) is 1.53. The van der Waals surface area contributed by atoms with E-state index in [4.69, 9.17) is 5.73 Å². The molecule has 1 aliphatic carbocycles. The quantitative estimate of drug-likeness (QED) is 0.552. The lowest BCUT2D eigenvalue weighted by atomic mass is 10.00. The Kier molecular flexibility index (Phi) is 7.34. The molecule has 8 nitrogen and oxygen atoms in total. The first-order valence-corrected chi connectivity index (χ1v) is 12.4. The van der Waals surface area contributed by atoms with Crippen LogP contribution in [0.3, 0.4) is 0 Å². The minimum absolute atomic E-state index is 0.0289. The van der Waals surface area contributed by atoms with Crippen LogP contribution in [0.5, 0.6) is 0 Å². The van der Waals surface area contributed by atoms with Gasteiger partial charge in [0.05, 0.1) is 5.75 Å². The molecule has 1 aromatic carbocycles. The lowest BCUT2D eigenvalue weighted by Crippen LogP contribution is -2.35. The van der Waals surface area contributed by atoms with Gasteiger partial charge in [0.1, 0.15) is 0 Å². The first-order valence-electron chi connectivity index (χ1n) is 11.4. The van der Waals surface area contributed by atoms with E-state index in [1.807, 2.05) is 30.3 Å². The number of rotatable bonds is 10. The van der Waals surface area contributed by atoms with E-state index in [1.165, 1.54) is 24.6 Å². The molecule has 2 fully saturated rings. The standard InChI is InChI=1S/C23H32N6O2S/c1-17-9-12-27(13-10-17)22-25-26-23(29(22)19-7-8-19)32-16-21(31)28(14-11-20(24)30)15-18-5-3-2-4-6-18/h2-6,17,19H,7-16H2,1H3,(H2,24,30). The molecule has 0 spiro atoms. The van der Waals surface area contributed by atoms with Crippen molar-refractivity contribution in [3.63, 3.8) is 0 Å². The SMILES string of the molecule is CC1CCN(c2nnc(SCC(=O)N(CCC(N)=O)Cc3ccccc3)n2C2CC2)CC1. The van der Waals surface area contributed by atoms with E-state index in [9.17, 15) is 9.59 Å². The molecule has 2 amide bonds. The van der Waals surface area contributed by atoms with Crippen molar-refractivity contribution in [1.29, 1.82) is 0 Å². The third-order valence-corrected chi connectivity index (χ3v) is 7.07. The molecular weight excluding hydrogens is 424 g/mol. The van der Waals surface area contributed by atoms with Gasteiger partial charge in [0.15, 0.2) is 5.16 Å². The van der Waals surface area contributed by atoms with Gasteiger partial charge < -0.3 is 15.5 Å². The van der Waals surface area contributed by atoms with Crippen molar-refractivity contribution in [2.75, 3.05) is 30.3 Å². The number of benzene rings is 1. The summed E-state index contributed by atoms with van der Waals surface area (Å²) in [7, 11) is 0. The third-order valence-electron chi connectivity index (χ3n) is 6.15. The van der Waals surface area contributed by atoms with E-state index < -0.39 is 5.91 Å². The molecule has 172 valence electrons. The molecule has 1 aliphatic heterocycles. The molecular formula is C23H32N6O2S. The number of carbonyl (C=O) groups is 2. The van der Waals surface area contributed by atoms with E-state index in [0.717, 1.165) is 48.5 Å². The number of hydrogen-bond donors (Lipinski definition) is 1. The maximum Gasteiger partial charge on any atom is 0.233 e.